The van der Waals surface area contributed by atoms with Crippen LogP contribution in [0.15, 0.2) is 24.4 Å². The zero-order valence-electron chi connectivity index (χ0n) is 19.1. The number of pyridine rings is 1. The van der Waals surface area contributed by atoms with Gasteiger partial charge in [0, 0.05) is 48.7 Å². The van der Waals surface area contributed by atoms with Crippen molar-refractivity contribution in [3.05, 3.63) is 52.9 Å². The van der Waals surface area contributed by atoms with Crippen molar-refractivity contribution >= 4 is 22.4 Å². The van der Waals surface area contributed by atoms with Gasteiger partial charge in [0.05, 0.1) is 36.6 Å². The second kappa shape index (κ2) is 9.08. The first-order valence-corrected chi connectivity index (χ1v) is 11.3. The summed E-state index contributed by atoms with van der Waals surface area (Å²) in [5.41, 5.74) is 0.442. The van der Waals surface area contributed by atoms with Crippen LogP contribution in [0, 0.1) is 29.9 Å². The van der Waals surface area contributed by atoms with Crippen LogP contribution >= 0.6 is 0 Å². The van der Waals surface area contributed by atoms with E-state index in [9.17, 15) is 8.78 Å². The zero-order chi connectivity index (χ0) is 23.8. The van der Waals surface area contributed by atoms with Crippen molar-refractivity contribution in [1.82, 2.24) is 20.1 Å². The highest BCUT2D eigenvalue weighted by molar-refractivity contribution is 5.94. The van der Waals surface area contributed by atoms with E-state index in [4.69, 9.17) is 10.00 Å². The van der Waals surface area contributed by atoms with Gasteiger partial charge in [-0.1, -0.05) is 0 Å². The van der Waals surface area contributed by atoms with E-state index in [2.05, 4.69) is 30.3 Å². The molecule has 2 fully saturated rings. The molecule has 5 rings (SSSR count). The van der Waals surface area contributed by atoms with E-state index in [1.54, 1.807) is 19.2 Å². The quantitative estimate of drug-likeness (QED) is 0.629. The van der Waals surface area contributed by atoms with Crippen LogP contribution in [0.1, 0.15) is 29.8 Å². The summed E-state index contributed by atoms with van der Waals surface area (Å²) in [5.74, 6) is -0.148. The molecule has 0 saturated carbocycles. The number of morpholine rings is 1. The van der Waals surface area contributed by atoms with Crippen molar-refractivity contribution in [3.63, 3.8) is 0 Å². The molecule has 2 aliphatic rings. The monoisotopic (exact) mass is 465 g/mol. The van der Waals surface area contributed by atoms with E-state index in [0.717, 1.165) is 67.2 Å². The summed E-state index contributed by atoms with van der Waals surface area (Å²) in [6.45, 7) is 8.61. The van der Waals surface area contributed by atoms with Gasteiger partial charge >= 0.3 is 0 Å². The summed E-state index contributed by atoms with van der Waals surface area (Å²) < 4.78 is 34.4. The molecule has 0 bridgehead atoms. The van der Waals surface area contributed by atoms with E-state index in [1.165, 1.54) is 0 Å². The van der Waals surface area contributed by atoms with Gasteiger partial charge in [-0.3, -0.25) is 4.90 Å². The summed E-state index contributed by atoms with van der Waals surface area (Å²) in [5, 5.41) is 22.4. The number of piperazine rings is 1. The van der Waals surface area contributed by atoms with Crippen molar-refractivity contribution in [2.75, 3.05) is 49.6 Å². The van der Waals surface area contributed by atoms with E-state index in [-0.39, 0.29) is 11.1 Å². The first-order valence-electron chi connectivity index (χ1n) is 11.3. The Labute approximate surface area is 196 Å². The molecule has 10 heteroatoms. The number of rotatable bonds is 4. The Hall–Kier alpha value is -3.42. The Morgan fingerprint density at radius 3 is 2.85 bits per heavy atom. The Kier molecular flexibility index (Phi) is 5.98. The van der Waals surface area contributed by atoms with Gasteiger partial charge in [0.25, 0.3) is 0 Å². The maximum atomic E-state index is 14.7. The molecule has 176 valence electrons. The van der Waals surface area contributed by atoms with Crippen molar-refractivity contribution in [3.8, 4) is 6.07 Å². The molecular formula is C24H25F2N7O. The van der Waals surface area contributed by atoms with Gasteiger partial charge in [0.1, 0.15) is 23.5 Å². The third kappa shape index (κ3) is 4.13. The summed E-state index contributed by atoms with van der Waals surface area (Å²) >= 11 is 0. The van der Waals surface area contributed by atoms with Gasteiger partial charge in [-0.15, -0.1) is 5.10 Å². The van der Waals surface area contributed by atoms with E-state index in [0.29, 0.717) is 18.5 Å². The van der Waals surface area contributed by atoms with Gasteiger partial charge in [0.15, 0.2) is 5.82 Å². The SMILES string of the molecule is Cc1nnc(N[C@H](C)c2cc(F)cc(C#N)c2F)c2cc(N3CCN4CCOC[C@@H]4C3)ncc12. The Bertz CT molecular complexity index is 1280. The van der Waals surface area contributed by atoms with Gasteiger partial charge < -0.3 is 15.0 Å². The molecule has 0 amide bonds. The summed E-state index contributed by atoms with van der Waals surface area (Å²) in [4.78, 5) is 9.37. The fourth-order valence-electron chi connectivity index (χ4n) is 4.69. The minimum atomic E-state index is -0.747. The molecule has 34 heavy (non-hydrogen) atoms. The lowest BCUT2D eigenvalue weighted by Crippen LogP contribution is -2.58. The second-order valence-corrected chi connectivity index (χ2v) is 8.77. The summed E-state index contributed by atoms with van der Waals surface area (Å²) in [7, 11) is 0. The average molecular weight is 466 g/mol. The molecule has 2 saturated heterocycles. The van der Waals surface area contributed by atoms with Crippen LogP contribution < -0.4 is 10.2 Å². The molecule has 0 unspecified atom stereocenters. The molecule has 0 radical (unpaired) electrons. The number of nitriles is 1. The third-order valence-corrected chi connectivity index (χ3v) is 6.60. The van der Waals surface area contributed by atoms with Crippen LogP contribution in [0.25, 0.3) is 10.8 Å². The zero-order valence-corrected chi connectivity index (χ0v) is 19.1. The van der Waals surface area contributed by atoms with Crippen molar-refractivity contribution in [2.45, 2.75) is 25.9 Å². The van der Waals surface area contributed by atoms with Gasteiger partial charge in [-0.05, 0) is 32.0 Å². The minimum Gasteiger partial charge on any atom is -0.378 e. The Balaban J connectivity index is 1.47. The predicted octanol–water partition coefficient (Wildman–Crippen LogP) is 3.18. The van der Waals surface area contributed by atoms with Crippen LogP contribution in [0.3, 0.4) is 0 Å². The molecule has 0 aliphatic carbocycles. The number of hydrogen-bond donors (Lipinski definition) is 1. The van der Waals surface area contributed by atoms with E-state index in [1.807, 2.05) is 13.0 Å². The Morgan fingerprint density at radius 2 is 2.03 bits per heavy atom. The lowest BCUT2D eigenvalue weighted by molar-refractivity contribution is -0.0117. The number of ether oxygens (including phenoxy) is 1. The van der Waals surface area contributed by atoms with Crippen LogP contribution in [-0.4, -0.2) is 65.5 Å². The maximum Gasteiger partial charge on any atom is 0.157 e. The van der Waals surface area contributed by atoms with E-state index < -0.39 is 17.7 Å². The predicted molar refractivity (Wildman–Crippen MR) is 124 cm³/mol. The largest absolute Gasteiger partial charge is 0.378 e. The number of fused-ring (bicyclic) bond motifs is 2. The molecule has 2 aliphatic heterocycles. The Morgan fingerprint density at radius 1 is 1.18 bits per heavy atom. The minimum absolute atomic E-state index is 0.0507. The number of aromatic nitrogens is 3. The number of nitrogens with zero attached hydrogens (tertiary/aromatic N) is 6. The first-order chi connectivity index (χ1) is 16.4. The molecule has 1 aromatic carbocycles. The van der Waals surface area contributed by atoms with Crippen LogP contribution in [0.2, 0.25) is 0 Å². The molecule has 2 atom stereocenters. The maximum absolute atomic E-state index is 14.7. The number of hydrogen-bond acceptors (Lipinski definition) is 8. The van der Waals surface area contributed by atoms with Crippen LogP contribution in [0.4, 0.5) is 20.4 Å². The van der Waals surface area contributed by atoms with Gasteiger partial charge in [-0.2, -0.15) is 10.4 Å². The fraction of sp³-hybridized carbons (Fsp3) is 0.417. The number of nitrogens with one attached hydrogen (secondary N) is 1. The fourth-order valence-corrected chi connectivity index (χ4v) is 4.69. The molecule has 1 N–H and O–H groups in total. The van der Waals surface area contributed by atoms with E-state index >= 15 is 0 Å². The van der Waals surface area contributed by atoms with Crippen molar-refractivity contribution in [2.24, 2.45) is 0 Å². The van der Waals surface area contributed by atoms with Crippen LogP contribution in [-0.2, 0) is 4.74 Å². The van der Waals surface area contributed by atoms with Crippen molar-refractivity contribution in [1.29, 1.82) is 5.26 Å². The molecule has 3 aromatic rings. The highest BCUT2D eigenvalue weighted by Crippen LogP contribution is 2.31. The summed E-state index contributed by atoms with van der Waals surface area (Å²) in [6, 6.07) is 5.33. The van der Waals surface area contributed by atoms with Gasteiger partial charge in [-0.25, -0.2) is 13.8 Å². The lowest BCUT2D eigenvalue weighted by Gasteiger charge is -2.44. The molecular weight excluding hydrogens is 440 g/mol. The second-order valence-electron chi connectivity index (χ2n) is 8.77. The summed E-state index contributed by atoms with van der Waals surface area (Å²) in [6.07, 6.45) is 1.78. The third-order valence-electron chi connectivity index (χ3n) is 6.60. The molecule has 8 nitrogen and oxygen atoms in total. The molecule has 0 spiro atoms. The number of halogens is 2. The standard InChI is InChI=1S/C24H25F2N7O/c1-14(19-8-17(25)7-16(10-27)23(19)26)29-24-20-9-22(28-11-21(20)15(2)30-31-24)33-4-3-32-5-6-34-13-18(32)12-33/h7-9,11,14,18H,3-6,12-13H2,1-2H3,(H,29,31)/t14-,18+/m1/s1. The van der Waals surface area contributed by atoms with Crippen molar-refractivity contribution < 1.29 is 13.5 Å². The number of aryl methyl sites for hydroxylation is 1. The topological polar surface area (TPSA) is 90.2 Å². The normalized spacial score (nSPS) is 19.5. The van der Waals surface area contributed by atoms with Gasteiger partial charge in [0.2, 0.25) is 0 Å². The molecule has 4 heterocycles. The number of anilines is 2. The molecule has 2 aromatic heterocycles. The highest BCUT2D eigenvalue weighted by atomic mass is 19.1. The first kappa shape index (κ1) is 22.4. The van der Waals surface area contributed by atoms with Crippen LogP contribution in [0.5, 0.6) is 0 Å². The highest BCUT2D eigenvalue weighted by Gasteiger charge is 2.30. The number of benzene rings is 1. The lowest BCUT2D eigenvalue weighted by atomic mass is 10.0. The average Bonchev–Trinajstić information content (AvgIpc) is 2.86. The smallest absolute Gasteiger partial charge is 0.157 e.